The Labute approximate surface area is 120 Å². The summed E-state index contributed by atoms with van der Waals surface area (Å²) >= 11 is 5.38. The van der Waals surface area contributed by atoms with Gasteiger partial charge in [-0.3, -0.25) is 0 Å². The Kier molecular flexibility index (Phi) is 3.83. The van der Waals surface area contributed by atoms with E-state index in [1.165, 1.54) is 33.3 Å². The van der Waals surface area contributed by atoms with Crippen molar-refractivity contribution in [2.24, 2.45) is 0 Å². The molecule has 3 heteroatoms. The summed E-state index contributed by atoms with van der Waals surface area (Å²) in [6.45, 7) is 1.01. The van der Waals surface area contributed by atoms with Crippen LogP contribution in [0.3, 0.4) is 0 Å². The Morgan fingerprint density at radius 1 is 1.28 bits per heavy atom. The second-order valence-electron chi connectivity index (χ2n) is 4.81. The van der Waals surface area contributed by atoms with Crippen molar-refractivity contribution in [3.8, 4) is 0 Å². The second-order valence-corrected chi connectivity index (χ2v) is 6.76. The Hall–Kier alpha value is -0.640. The molecule has 1 aromatic carbocycles. The first kappa shape index (κ1) is 12.4. The van der Waals surface area contributed by atoms with Crippen molar-refractivity contribution >= 4 is 27.3 Å². The van der Waals surface area contributed by atoms with E-state index in [1.54, 1.807) is 0 Å². The van der Waals surface area contributed by atoms with E-state index in [9.17, 15) is 0 Å². The number of thiophene rings is 1. The molecule has 2 aromatic rings. The molecule has 0 spiro atoms. The molecule has 0 bridgehead atoms. The number of nitrogens with one attached hydrogen (secondary N) is 1. The summed E-state index contributed by atoms with van der Waals surface area (Å²) in [4.78, 5) is 1.43. The molecular formula is C15H16BrNS. The third kappa shape index (κ3) is 2.85. The highest BCUT2D eigenvalue weighted by Gasteiger charge is 2.18. The van der Waals surface area contributed by atoms with Gasteiger partial charge in [0.1, 0.15) is 0 Å². The molecule has 1 unspecified atom stereocenters. The molecule has 0 radical (unpaired) electrons. The van der Waals surface area contributed by atoms with Crippen molar-refractivity contribution in [1.82, 2.24) is 5.32 Å². The summed E-state index contributed by atoms with van der Waals surface area (Å²) in [6, 6.07) is 11.6. The number of rotatable bonds is 3. The van der Waals surface area contributed by atoms with Crippen molar-refractivity contribution in [2.75, 3.05) is 0 Å². The maximum Gasteiger partial charge on any atom is 0.0302 e. The first-order valence-electron chi connectivity index (χ1n) is 6.34. The number of hydrogen-bond acceptors (Lipinski definition) is 2. The van der Waals surface area contributed by atoms with Crippen LogP contribution in [0.5, 0.6) is 0 Å². The number of benzene rings is 1. The number of halogens is 1. The standard InChI is InChI=1S/C15H16BrNS/c16-13-5-3-12-9-14(6-4-11(12)8-13)17-10-15-2-1-7-18-15/h1-3,5,7-8,14,17H,4,6,9-10H2. The van der Waals surface area contributed by atoms with Crippen LogP contribution in [0.1, 0.15) is 22.4 Å². The SMILES string of the molecule is Brc1ccc2c(c1)CCC(NCc1cccs1)C2. The second kappa shape index (κ2) is 5.55. The minimum atomic E-state index is 0.626. The minimum absolute atomic E-state index is 0.626. The van der Waals surface area contributed by atoms with E-state index in [2.05, 4.69) is 57.0 Å². The van der Waals surface area contributed by atoms with Crippen molar-refractivity contribution in [2.45, 2.75) is 31.8 Å². The van der Waals surface area contributed by atoms with Crippen LogP contribution in [0, 0.1) is 0 Å². The Balaban J connectivity index is 1.62. The quantitative estimate of drug-likeness (QED) is 0.895. The van der Waals surface area contributed by atoms with Gasteiger partial charge < -0.3 is 5.32 Å². The van der Waals surface area contributed by atoms with Gasteiger partial charge >= 0.3 is 0 Å². The van der Waals surface area contributed by atoms with Crippen molar-refractivity contribution < 1.29 is 0 Å². The molecule has 1 N–H and O–H groups in total. The Morgan fingerprint density at radius 3 is 3.06 bits per heavy atom. The van der Waals surface area contributed by atoms with Crippen LogP contribution in [0.25, 0.3) is 0 Å². The van der Waals surface area contributed by atoms with Gasteiger partial charge in [0.15, 0.2) is 0 Å². The zero-order valence-electron chi connectivity index (χ0n) is 10.2. The lowest BCUT2D eigenvalue weighted by Gasteiger charge is -2.25. The lowest BCUT2D eigenvalue weighted by Crippen LogP contribution is -2.33. The van der Waals surface area contributed by atoms with E-state index < -0.39 is 0 Å². The van der Waals surface area contributed by atoms with Crippen LogP contribution >= 0.6 is 27.3 Å². The average Bonchev–Trinajstić information content (AvgIpc) is 2.89. The fraction of sp³-hybridized carbons (Fsp3) is 0.333. The fourth-order valence-electron chi connectivity index (χ4n) is 2.56. The lowest BCUT2D eigenvalue weighted by atomic mass is 9.88. The number of fused-ring (bicyclic) bond motifs is 1. The normalized spacial score (nSPS) is 18.6. The summed E-state index contributed by atoms with van der Waals surface area (Å²) in [5, 5.41) is 5.82. The summed E-state index contributed by atoms with van der Waals surface area (Å²) in [5.74, 6) is 0. The van der Waals surface area contributed by atoms with Crippen LogP contribution in [-0.2, 0) is 19.4 Å². The zero-order valence-corrected chi connectivity index (χ0v) is 12.6. The summed E-state index contributed by atoms with van der Waals surface area (Å²) in [7, 11) is 0. The summed E-state index contributed by atoms with van der Waals surface area (Å²) < 4.78 is 1.20. The van der Waals surface area contributed by atoms with Crippen molar-refractivity contribution in [3.05, 3.63) is 56.2 Å². The van der Waals surface area contributed by atoms with E-state index in [0.717, 1.165) is 13.0 Å². The molecule has 1 aliphatic rings. The molecule has 1 atom stereocenters. The predicted molar refractivity (Wildman–Crippen MR) is 81.1 cm³/mol. The largest absolute Gasteiger partial charge is 0.309 e. The molecule has 3 rings (SSSR count). The topological polar surface area (TPSA) is 12.0 Å². The molecule has 1 nitrogen and oxygen atoms in total. The van der Waals surface area contributed by atoms with E-state index in [0.29, 0.717) is 6.04 Å². The monoisotopic (exact) mass is 321 g/mol. The molecule has 0 saturated carbocycles. The van der Waals surface area contributed by atoms with E-state index in [-0.39, 0.29) is 0 Å². The van der Waals surface area contributed by atoms with Gasteiger partial charge in [0.25, 0.3) is 0 Å². The van der Waals surface area contributed by atoms with E-state index in [4.69, 9.17) is 0 Å². The first-order valence-corrected chi connectivity index (χ1v) is 8.01. The van der Waals surface area contributed by atoms with E-state index >= 15 is 0 Å². The smallest absolute Gasteiger partial charge is 0.0302 e. The van der Waals surface area contributed by atoms with Gasteiger partial charge in [0.2, 0.25) is 0 Å². The highest BCUT2D eigenvalue weighted by molar-refractivity contribution is 9.10. The summed E-state index contributed by atoms with van der Waals surface area (Å²) in [5.41, 5.74) is 3.02. The van der Waals surface area contributed by atoms with Gasteiger partial charge in [0, 0.05) is 21.9 Å². The third-order valence-electron chi connectivity index (χ3n) is 3.54. The molecule has 1 aliphatic carbocycles. The molecule has 0 amide bonds. The zero-order chi connectivity index (χ0) is 12.4. The number of aryl methyl sites for hydroxylation is 1. The highest BCUT2D eigenvalue weighted by atomic mass is 79.9. The lowest BCUT2D eigenvalue weighted by molar-refractivity contribution is 0.459. The Morgan fingerprint density at radius 2 is 2.22 bits per heavy atom. The maximum absolute atomic E-state index is 3.68. The maximum atomic E-state index is 3.68. The van der Waals surface area contributed by atoms with Crippen LogP contribution in [-0.4, -0.2) is 6.04 Å². The van der Waals surface area contributed by atoms with Crippen molar-refractivity contribution in [3.63, 3.8) is 0 Å². The Bertz CT molecular complexity index is 521. The van der Waals surface area contributed by atoms with Crippen LogP contribution in [0.2, 0.25) is 0 Å². The van der Waals surface area contributed by atoms with Crippen LogP contribution in [0.15, 0.2) is 40.2 Å². The van der Waals surface area contributed by atoms with Gasteiger partial charge in [-0.25, -0.2) is 0 Å². The van der Waals surface area contributed by atoms with Gasteiger partial charge in [-0.15, -0.1) is 11.3 Å². The molecule has 0 saturated heterocycles. The molecule has 1 aromatic heterocycles. The molecule has 18 heavy (non-hydrogen) atoms. The van der Waals surface area contributed by atoms with Crippen LogP contribution in [0.4, 0.5) is 0 Å². The molecule has 94 valence electrons. The van der Waals surface area contributed by atoms with Gasteiger partial charge in [0.05, 0.1) is 0 Å². The molecule has 0 fully saturated rings. The number of hydrogen-bond donors (Lipinski definition) is 1. The van der Waals surface area contributed by atoms with Gasteiger partial charge in [-0.1, -0.05) is 28.1 Å². The summed E-state index contributed by atoms with van der Waals surface area (Å²) in [6.07, 6.45) is 3.60. The third-order valence-corrected chi connectivity index (χ3v) is 4.91. The molecular weight excluding hydrogens is 306 g/mol. The molecule has 1 heterocycles. The molecule has 0 aliphatic heterocycles. The fourth-order valence-corrected chi connectivity index (χ4v) is 3.62. The van der Waals surface area contributed by atoms with Crippen molar-refractivity contribution in [1.29, 1.82) is 0 Å². The van der Waals surface area contributed by atoms with Gasteiger partial charge in [-0.2, -0.15) is 0 Å². The minimum Gasteiger partial charge on any atom is -0.309 e. The van der Waals surface area contributed by atoms with E-state index in [1.807, 2.05) is 11.3 Å². The predicted octanol–water partition coefficient (Wildman–Crippen LogP) is 4.16. The van der Waals surface area contributed by atoms with Gasteiger partial charge in [-0.05, 0) is 54.0 Å². The highest BCUT2D eigenvalue weighted by Crippen LogP contribution is 2.25. The average molecular weight is 322 g/mol. The first-order chi connectivity index (χ1) is 8.81. The van der Waals surface area contributed by atoms with Crippen LogP contribution < -0.4 is 5.32 Å².